The molecule has 0 radical (unpaired) electrons. The van der Waals surface area contributed by atoms with Crippen LogP contribution in [0.25, 0.3) is 5.69 Å². The van der Waals surface area contributed by atoms with Crippen LogP contribution in [-0.4, -0.2) is 21.0 Å². The van der Waals surface area contributed by atoms with Crippen molar-refractivity contribution in [1.29, 1.82) is 0 Å². The summed E-state index contributed by atoms with van der Waals surface area (Å²) in [6.07, 6.45) is 5.33. The number of benzene rings is 2. The van der Waals surface area contributed by atoms with Crippen molar-refractivity contribution in [2.45, 2.75) is 11.4 Å². The fourth-order valence-electron chi connectivity index (χ4n) is 2.10. The van der Waals surface area contributed by atoms with Crippen LogP contribution in [0.2, 0.25) is 0 Å². The maximum atomic E-state index is 4.19. The van der Waals surface area contributed by atoms with Gasteiger partial charge in [0.25, 0.3) is 0 Å². The van der Waals surface area contributed by atoms with Crippen molar-refractivity contribution >= 4 is 17.4 Å². The van der Waals surface area contributed by atoms with Crippen molar-refractivity contribution in [3.63, 3.8) is 0 Å². The predicted octanol–water partition coefficient (Wildman–Crippen LogP) is 3.60. The molecule has 1 N–H and O–H groups in total. The summed E-state index contributed by atoms with van der Waals surface area (Å²) in [5, 5.41) is 7.65. The predicted molar refractivity (Wildman–Crippen MR) is 86.9 cm³/mol. The van der Waals surface area contributed by atoms with E-state index in [0.29, 0.717) is 0 Å². The summed E-state index contributed by atoms with van der Waals surface area (Å²) >= 11 is 1.75. The van der Waals surface area contributed by atoms with Crippen molar-refractivity contribution in [3.8, 4) is 5.69 Å². The van der Waals surface area contributed by atoms with Crippen molar-refractivity contribution in [2.75, 3.05) is 11.6 Å². The zero-order valence-corrected chi connectivity index (χ0v) is 12.5. The lowest BCUT2D eigenvalue weighted by molar-refractivity contribution is 0.878. The van der Waals surface area contributed by atoms with E-state index in [-0.39, 0.29) is 0 Å². The summed E-state index contributed by atoms with van der Waals surface area (Å²) in [4.78, 5) is 5.28. The molecule has 3 aromatic rings. The van der Waals surface area contributed by atoms with E-state index in [9.17, 15) is 0 Å². The standard InChI is InChI=1S/C16H16N4S/c1-21-14-8-6-13(7-9-14)10-18-15-4-2-3-5-16(15)20-12-17-11-19-20/h2-9,11-12,18H,10H2,1H3. The molecule has 3 rings (SSSR count). The molecule has 0 aliphatic heterocycles. The number of nitrogens with one attached hydrogen (secondary N) is 1. The Balaban J connectivity index is 1.76. The van der Waals surface area contributed by atoms with Crippen LogP contribution >= 0.6 is 11.8 Å². The molecule has 0 unspecified atom stereocenters. The van der Waals surface area contributed by atoms with Crippen molar-refractivity contribution in [2.24, 2.45) is 0 Å². The SMILES string of the molecule is CSc1ccc(CNc2ccccc2-n2cncn2)cc1. The topological polar surface area (TPSA) is 42.7 Å². The second kappa shape index (κ2) is 6.45. The van der Waals surface area contributed by atoms with Gasteiger partial charge in [-0.2, -0.15) is 5.10 Å². The second-order valence-electron chi connectivity index (χ2n) is 4.56. The molecule has 0 atom stereocenters. The van der Waals surface area contributed by atoms with Gasteiger partial charge in [0.15, 0.2) is 0 Å². The number of nitrogens with zero attached hydrogens (tertiary/aromatic N) is 3. The number of thioether (sulfide) groups is 1. The molecular formula is C16H16N4S. The minimum atomic E-state index is 0.778. The van der Waals surface area contributed by atoms with E-state index in [2.05, 4.69) is 45.9 Å². The minimum absolute atomic E-state index is 0.778. The number of hydrogen-bond donors (Lipinski definition) is 1. The van der Waals surface area contributed by atoms with Gasteiger partial charge >= 0.3 is 0 Å². The summed E-state index contributed by atoms with van der Waals surface area (Å²) in [5.74, 6) is 0. The Kier molecular flexibility index (Phi) is 4.21. The zero-order chi connectivity index (χ0) is 14.5. The van der Waals surface area contributed by atoms with Gasteiger partial charge in [-0.25, -0.2) is 9.67 Å². The van der Waals surface area contributed by atoms with Crippen LogP contribution in [0.15, 0.2) is 66.1 Å². The Morgan fingerprint density at radius 1 is 1.10 bits per heavy atom. The average Bonchev–Trinajstić information content (AvgIpc) is 3.08. The number of hydrogen-bond acceptors (Lipinski definition) is 4. The number of para-hydroxylation sites is 2. The third-order valence-corrected chi connectivity index (χ3v) is 3.96. The molecule has 21 heavy (non-hydrogen) atoms. The van der Waals surface area contributed by atoms with E-state index >= 15 is 0 Å². The number of anilines is 1. The Labute approximate surface area is 128 Å². The van der Waals surface area contributed by atoms with Crippen LogP contribution in [0.5, 0.6) is 0 Å². The molecular weight excluding hydrogens is 280 g/mol. The van der Waals surface area contributed by atoms with Gasteiger partial charge in [0.2, 0.25) is 0 Å². The molecule has 0 amide bonds. The third-order valence-electron chi connectivity index (χ3n) is 3.21. The van der Waals surface area contributed by atoms with Gasteiger partial charge in [0.1, 0.15) is 12.7 Å². The maximum Gasteiger partial charge on any atom is 0.138 e. The monoisotopic (exact) mass is 296 g/mol. The Morgan fingerprint density at radius 3 is 2.62 bits per heavy atom. The van der Waals surface area contributed by atoms with Gasteiger partial charge in [0.05, 0.1) is 11.4 Å². The lowest BCUT2D eigenvalue weighted by Crippen LogP contribution is -2.04. The van der Waals surface area contributed by atoms with Gasteiger partial charge in [-0.1, -0.05) is 24.3 Å². The van der Waals surface area contributed by atoms with Crippen LogP contribution < -0.4 is 5.32 Å². The summed E-state index contributed by atoms with van der Waals surface area (Å²) in [5.41, 5.74) is 3.29. The largest absolute Gasteiger partial charge is 0.379 e. The average molecular weight is 296 g/mol. The van der Waals surface area contributed by atoms with Crippen LogP contribution in [0.1, 0.15) is 5.56 Å². The van der Waals surface area contributed by atoms with E-state index < -0.39 is 0 Å². The zero-order valence-electron chi connectivity index (χ0n) is 11.7. The van der Waals surface area contributed by atoms with Gasteiger partial charge in [-0.3, -0.25) is 0 Å². The first kappa shape index (κ1) is 13.7. The number of aromatic nitrogens is 3. The van der Waals surface area contributed by atoms with Crippen LogP contribution in [0.4, 0.5) is 5.69 Å². The minimum Gasteiger partial charge on any atom is -0.379 e. The van der Waals surface area contributed by atoms with E-state index in [4.69, 9.17) is 0 Å². The van der Waals surface area contributed by atoms with E-state index in [1.807, 2.05) is 24.3 Å². The first-order valence-electron chi connectivity index (χ1n) is 6.67. The van der Waals surface area contributed by atoms with Crippen LogP contribution in [0.3, 0.4) is 0 Å². The van der Waals surface area contributed by atoms with Gasteiger partial charge in [0, 0.05) is 11.4 Å². The normalized spacial score (nSPS) is 10.5. The molecule has 106 valence electrons. The van der Waals surface area contributed by atoms with Crippen molar-refractivity contribution in [1.82, 2.24) is 14.8 Å². The summed E-state index contributed by atoms with van der Waals surface area (Å²) < 4.78 is 1.76. The van der Waals surface area contributed by atoms with E-state index in [0.717, 1.165) is 17.9 Å². The maximum absolute atomic E-state index is 4.19. The molecule has 0 saturated carbocycles. The van der Waals surface area contributed by atoms with E-state index in [1.54, 1.807) is 22.8 Å². The van der Waals surface area contributed by atoms with Crippen LogP contribution in [0, 0.1) is 0 Å². The van der Waals surface area contributed by atoms with Crippen LogP contribution in [-0.2, 0) is 6.54 Å². The molecule has 0 aliphatic carbocycles. The molecule has 2 aromatic carbocycles. The highest BCUT2D eigenvalue weighted by Crippen LogP contribution is 2.20. The lowest BCUT2D eigenvalue weighted by Gasteiger charge is -2.11. The molecule has 0 fully saturated rings. The molecule has 0 spiro atoms. The number of rotatable bonds is 5. The summed E-state index contributed by atoms with van der Waals surface area (Å²) in [6, 6.07) is 16.7. The molecule has 1 heterocycles. The van der Waals surface area contributed by atoms with Gasteiger partial charge in [-0.05, 0) is 36.1 Å². The Hall–Kier alpha value is -2.27. The lowest BCUT2D eigenvalue weighted by atomic mass is 10.2. The first-order chi connectivity index (χ1) is 10.4. The first-order valence-corrected chi connectivity index (χ1v) is 7.90. The fraction of sp³-hybridized carbons (Fsp3) is 0.125. The van der Waals surface area contributed by atoms with Crippen molar-refractivity contribution < 1.29 is 0 Å². The molecule has 0 bridgehead atoms. The highest BCUT2D eigenvalue weighted by molar-refractivity contribution is 7.98. The Bertz CT molecular complexity index is 693. The smallest absolute Gasteiger partial charge is 0.138 e. The summed E-state index contributed by atoms with van der Waals surface area (Å²) in [7, 11) is 0. The molecule has 4 nitrogen and oxygen atoms in total. The van der Waals surface area contributed by atoms with Gasteiger partial charge in [-0.15, -0.1) is 11.8 Å². The van der Waals surface area contributed by atoms with E-state index in [1.165, 1.54) is 16.8 Å². The fourth-order valence-corrected chi connectivity index (χ4v) is 2.50. The second-order valence-corrected chi connectivity index (χ2v) is 5.44. The molecule has 1 aromatic heterocycles. The van der Waals surface area contributed by atoms with Crippen molar-refractivity contribution in [3.05, 3.63) is 66.7 Å². The third kappa shape index (κ3) is 3.25. The quantitative estimate of drug-likeness (QED) is 0.731. The molecule has 5 heteroatoms. The Morgan fingerprint density at radius 2 is 1.90 bits per heavy atom. The molecule has 0 saturated heterocycles. The summed E-state index contributed by atoms with van der Waals surface area (Å²) in [6.45, 7) is 0.778. The molecule has 0 aliphatic rings. The highest BCUT2D eigenvalue weighted by Gasteiger charge is 2.04. The van der Waals surface area contributed by atoms with Gasteiger partial charge < -0.3 is 5.32 Å². The highest BCUT2D eigenvalue weighted by atomic mass is 32.2.